The second-order valence-corrected chi connectivity index (χ2v) is 3.94. The van der Waals surface area contributed by atoms with E-state index >= 15 is 0 Å². The van der Waals surface area contributed by atoms with Gasteiger partial charge in [-0.2, -0.15) is 0 Å². The summed E-state index contributed by atoms with van der Waals surface area (Å²) >= 11 is 0. The Kier molecular flexibility index (Phi) is 4.10. The SMILES string of the molecule is COCc1ccccc1NC(=O)c1ccncc1O. The maximum Gasteiger partial charge on any atom is 0.259 e. The summed E-state index contributed by atoms with van der Waals surface area (Å²) < 4.78 is 5.07. The van der Waals surface area contributed by atoms with E-state index in [1.54, 1.807) is 13.2 Å². The molecule has 2 rings (SSSR count). The maximum atomic E-state index is 12.1. The number of hydrogen-bond donors (Lipinski definition) is 2. The van der Waals surface area contributed by atoms with E-state index < -0.39 is 0 Å². The molecule has 5 nitrogen and oxygen atoms in total. The number of aromatic nitrogens is 1. The van der Waals surface area contributed by atoms with E-state index in [2.05, 4.69) is 10.3 Å². The minimum absolute atomic E-state index is 0.149. The Balaban J connectivity index is 2.22. The molecule has 0 aliphatic heterocycles. The number of amides is 1. The number of hydrogen-bond acceptors (Lipinski definition) is 4. The quantitative estimate of drug-likeness (QED) is 0.881. The Hall–Kier alpha value is -2.40. The minimum atomic E-state index is -0.386. The van der Waals surface area contributed by atoms with Gasteiger partial charge in [-0.1, -0.05) is 18.2 Å². The molecule has 0 saturated heterocycles. The van der Waals surface area contributed by atoms with E-state index in [4.69, 9.17) is 4.74 Å². The molecule has 0 aliphatic rings. The van der Waals surface area contributed by atoms with Crippen molar-refractivity contribution in [2.75, 3.05) is 12.4 Å². The van der Waals surface area contributed by atoms with Crippen LogP contribution >= 0.6 is 0 Å². The molecule has 5 heteroatoms. The van der Waals surface area contributed by atoms with E-state index in [9.17, 15) is 9.90 Å². The lowest BCUT2D eigenvalue weighted by Gasteiger charge is -2.10. The largest absolute Gasteiger partial charge is 0.505 e. The summed E-state index contributed by atoms with van der Waals surface area (Å²) in [6, 6.07) is 8.80. The van der Waals surface area contributed by atoms with E-state index in [1.807, 2.05) is 18.2 Å². The van der Waals surface area contributed by atoms with Gasteiger partial charge in [0.1, 0.15) is 5.75 Å². The van der Waals surface area contributed by atoms with Crippen LogP contribution in [0, 0.1) is 0 Å². The van der Waals surface area contributed by atoms with Crippen LogP contribution < -0.4 is 5.32 Å². The maximum absolute atomic E-state index is 12.1. The fourth-order valence-corrected chi connectivity index (χ4v) is 1.69. The van der Waals surface area contributed by atoms with Gasteiger partial charge in [0.05, 0.1) is 18.4 Å². The summed E-state index contributed by atoms with van der Waals surface area (Å²) in [6.07, 6.45) is 2.69. The topological polar surface area (TPSA) is 71.5 Å². The number of para-hydroxylation sites is 1. The van der Waals surface area contributed by atoms with Crippen molar-refractivity contribution in [3.05, 3.63) is 53.9 Å². The summed E-state index contributed by atoms with van der Waals surface area (Å²) in [5.41, 5.74) is 1.71. The highest BCUT2D eigenvalue weighted by Gasteiger charge is 2.12. The van der Waals surface area contributed by atoms with Crippen molar-refractivity contribution in [1.29, 1.82) is 0 Å². The lowest BCUT2D eigenvalue weighted by atomic mass is 10.1. The third-order valence-corrected chi connectivity index (χ3v) is 2.61. The summed E-state index contributed by atoms with van der Waals surface area (Å²) in [6.45, 7) is 0.402. The van der Waals surface area contributed by atoms with Crippen LogP contribution in [0.2, 0.25) is 0 Å². The van der Waals surface area contributed by atoms with Gasteiger partial charge in [0.2, 0.25) is 0 Å². The van der Waals surface area contributed by atoms with Crippen molar-refractivity contribution in [2.45, 2.75) is 6.61 Å². The Morgan fingerprint density at radius 1 is 1.37 bits per heavy atom. The molecule has 1 aromatic carbocycles. The van der Waals surface area contributed by atoms with E-state index in [-0.39, 0.29) is 17.2 Å². The van der Waals surface area contributed by atoms with Crippen LogP contribution in [0.3, 0.4) is 0 Å². The molecule has 2 N–H and O–H groups in total. The van der Waals surface area contributed by atoms with Crippen LogP contribution in [0.1, 0.15) is 15.9 Å². The third kappa shape index (κ3) is 3.08. The highest BCUT2D eigenvalue weighted by atomic mass is 16.5. The average molecular weight is 258 g/mol. The number of aromatic hydroxyl groups is 1. The predicted molar refractivity (Wildman–Crippen MR) is 71.0 cm³/mol. The van der Waals surface area contributed by atoms with E-state index in [0.717, 1.165) is 5.56 Å². The molecule has 98 valence electrons. The zero-order valence-corrected chi connectivity index (χ0v) is 10.5. The molecule has 0 bridgehead atoms. The van der Waals surface area contributed by atoms with Crippen LogP contribution in [0.4, 0.5) is 5.69 Å². The Bertz CT molecular complexity index is 584. The van der Waals surface area contributed by atoms with Crippen LogP contribution in [0.15, 0.2) is 42.7 Å². The van der Waals surface area contributed by atoms with Crippen molar-refractivity contribution in [1.82, 2.24) is 4.98 Å². The van der Waals surface area contributed by atoms with E-state index in [0.29, 0.717) is 12.3 Å². The number of nitrogens with zero attached hydrogens (tertiary/aromatic N) is 1. The van der Waals surface area contributed by atoms with E-state index in [1.165, 1.54) is 18.5 Å². The fourth-order valence-electron chi connectivity index (χ4n) is 1.69. The molecule has 1 heterocycles. The van der Waals surface area contributed by atoms with Gasteiger partial charge in [-0.15, -0.1) is 0 Å². The monoisotopic (exact) mass is 258 g/mol. The lowest BCUT2D eigenvalue weighted by molar-refractivity contribution is 0.102. The Labute approximate surface area is 110 Å². The number of rotatable bonds is 4. The van der Waals surface area contributed by atoms with Gasteiger partial charge < -0.3 is 15.2 Å². The van der Waals surface area contributed by atoms with Crippen LogP contribution in [0.25, 0.3) is 0 Å². The molecule has 1 amide bonds. The lowest BCUT2D eigenvalue weighted by Crippen LogP contribution is -2.13. The van der Waals surface area contributed by atoms with Gasteiger partial charge in [0.15, 0.2) is 0 Å². The number of ether oxygens (including phenoxy) is 1. The highest BCUT2D eigenvalue weighted by Crippen LogP contribution is 2.19. The molecule has 1 aromatic heterocycles. The van der Waals surface area contributed by atoms with Gasteiger partial charge in [0.25, 0.3) is 5.91 Å². The molecule has 0 atom stereocenters. The zero-order valence-electron chi connectivity index (χ0n) is 10.5. The number of benzene rings is 1. The normalized spacial score (nSPS) is 10.2. The standard InChI is InChI=1S/C14H14N2O3/c1-19-9-10-4-2-3-5-12(10)16-14(18)11-6-7-15-8-13(11)17/h2-8,17H,9H2,1H3,(H,16,18). The number of pyridine rings is 1. The van der Waals surface area contributed by atoms with Crippen LogP contribution in [-0.4, -0.2) is 23.1 Å². The Morgan fingerprint density at radius 3 is 2.89 bits per heavy atom. The molecule has 0 saturated carbocycles. The van der Waals surface area contributed by atoms with Crippen LogP contribution in [0.5, 0.6) is 5.75 Å². The number of carbonyl (C=O) groups is 1. The molecule has 19 heavy (non-hydrogen) atoms. The highest BCUT2D eigenvalue weighted by molar-refractivity contribution is 6.06. The second-order valence-electron chi connectivity index (χ2n) is 3.94. The van der Waals surface area contributed by atoms with Gasteiger partial charge >= 0.3 is 0 Å². The van der Waals surface area contributed by atoms with Gasteiger partial charge in [-0.3, -0.25) is 9.78 Å². The summed E-state index contributed by atoms with van der Waals surface area (Å²) in [5, 5.41) is 12.3. The molecule has 0 fully saturated rings. The Morgan fingerprint density at radius 2 is 2.16 bits per heavy atom. The van der Waals surface area contributed by atoms with Gasteiger partial charge in [-0.05, 0) is 12.1 Å². The fraction of sp³-hybridized carbons (Fsp3) is 0.143. The smallest absolute Gasteiger partial charge is 0.259 e. The number of methoxy groups -OCH3 is 1. The first-order chi connectivity index (χ1) is 9.22. The molecule has 0 spiro atoms. The van der Waals surface area contributed by atoms with Gasteiger partial charge in [-0.25, -0.2) is 0 Å². The third-order valence-electron chi connectivity index (χ3n) is 2.61. The molecular formula is C14H14N2O3. The first kappa shape index (κ1) is 13.0. The van der Waals surface area contributed by atoms with Crippen LogP contribution in [-0.2, 0) is 11.3 Å². The van der Waals surface area contributed by atoms with Crippen molar-refractivity contribution in [3.63, 3.8) is 0 Å². The summed E-state index contributed by atoms with van der Waals surface area (Å²) in [5.74, 6) is -0.535. The molecular weight excluding hydrogens is 244 g/mol. The average Bonchev–Trinajstić information content (AvgIpc) is 2.41. The minimum Gasteiger partial charge on any atom is -0.505 e. The first-order valence-electron chi connectivity index (χ1n) is 5.73. The van der Waals surface area contributed by atoms with Crippen molar-refractivity contribution in [2.24, 2.45) is 0 Å². The van der Waals surface area contributed by atoms with Crippen molar-refractivity contribution >= 4 is 11.6 Å². The first-order valence-corrected chi connectivity index (χ1v) is 5.73. The number of carbonyl (C=O) groups excluding carboxylic acids is 1. The molecule has 0 radical (unpaired) electrons. The van der Waals surface area contributed by atoms with Crippen molar-refractivity contribution in [3.8, 4) is 5.75 Å². The summed E-state index contributed by atoms with van der Waals surface area (Å²) in [7, 11) is 1.59. The zero-order chi connectivity index (χ0) is 13.7. The summed E-state index contributed by atoms with van der Waals surface area (Å²) in [4.78, 5) is 15.8. The number of nitrogens with one attached hydrogen (secondary N) is 1. The second kappa shape index (κ2) is 5.97. The molecule has 0 unspecified atom stereocenters. The van der Waals surface area contributed by atoms with Gasteiger partial charge in [0, 0.05) is 24.6 Å². The molecule has 0 aliphatic carbocycles. The molecule has 2 aromatic rings. The predicted octanol–water partition coefficient (Wildman–Crippen LogP) is 2.19. The number of anilines is 1. The van der Waals surface area contributed by atoms with Crippen molar-refractivity contribution < 1.29 is 14.6 Å².